The molecule has 0 fully saturated rings. The zero-order valence-corrected chi connectivity index (χ0v) is 14.1. The van der Waals surface area contributed by atoms with Gasteiger partial charge in [0.2, 0.25) is 5.82 Å². The number of amides is 1. The maximum atomic E-state index is 12.5. The van der Waals surface area contributed by atoms with E-state index in [0.29, 0.717) is 23.6 Å². The number of alkyl halides is 3. The standard InChI is InChI=1S/C14H12F3N5O3S/c1-2-24-21-12(23)8-5-18-22(6-8)7-9-3-4-10(26-9)11-19-13(25-20-11)14(15,16)17/h3-6H,2,7H2,1H3,(H,21,23). The first kappa shape index (κ1) is 18.1. The molecule has 3 aromatic rings. The molecule has 0 atom stereocenters. The maximum Gasteiger partial charge on any atom is 0.471 e. The van der Waals surface area contributed by atoms with Gasteiger partial charge in [-0.2, -0.15) is 23.3 Å². The fourth-order valence-electron chi connectivity index (χ4n) is 1.95. The Morgan fingerprint density at radius 1 is 1.42 bits per heavy atom. The smallest absolute Gasteiger partial charge is 0.329 e. The molecule has 26 heavy (non-hydrogen) atoms. The van der Waals surface area contributed by atoms with Gasteiger partial charge in [0.1, 0.15) is 0 Å². The number of hydrogen-bond donors (Lipinski definition) is 1. The van der Waals surface area contributed by atoms with E-state index in [1.807, 2.05) is 0 Å². The van der Waals surface area contributed by atoms with Crippen molar-refractivity contribution in [2.24, 2.45) is 0 Å². The summed E-state index contributed by atoms with van der Waals surface area (Å²) in [5.41, 5.74) is 2.58. The monoisotopic (exact) mass is 387 g/mol. The molecule has 0 saturated carbocycles. The third-order valence-corrected chi connectivity index (χ3v) is 4.14. The number of carbonyl (C=O) groups is 1. The fraction of sp³-hybridized carbons (Fsp3) is 0.286. The number of nitrogens with zero attached hydrogens (tertiary/aromatic N) is 4. The lowest BCUT2D eigenvalue weighted by Gasteiger charge is -2.00. The van der Waals surface area contributed by atoms with Crippen molar-refractivity contribution >= 4 is 17.2 Å². The van der Waals surface area contributed by atoms with E-state index in [1.165, 1.54) is 28.4 Å². The topological polar surface area (TPSA) is 95.1 Å². The number of thiophene rings is 1. The van der Waals surface area contributed by atoms with Gasteiger partial charge in [-0.25, -0.2) is 5.48 Å². The Bertz CT molecular complexity index is 902. The van der Waals surface area contributed by atoms with Crippen LogP contribution in [0.4, 0.5) is 13.2 Å². The highest BCUT2D eigenvalue weighted by atomic mass is 32.1. The molecule has 0 unspecified atom stereocenters. The van der Waals surface area contributed by atoms with Crippen molar-refractivity contribution in [1.82, 2.24) is 25.4 Å². The van der Waals surface area contributed by atoms with Gasteiger partial charge in [-0.3, -0.25) is 14.3 Å². The van der Waals surface area contributed by atoms with Gasteiger partial charge in [0.05, 0.1) is 29.8 Å². The van der Waals surface area contributed by atoms with Gasteiger partial charge in [-0.15, -0.1) is 11.3 Å². The van der Waals surface area contributed by atoms with Crippen LogP contribution in [0.25, 0.3) is 10.7 Å². The van der Waals surface area contributed by atoms with Gasteiger partial charge in [-0.05, 0) is 19.1 Å². The van der Waals surface area contributed by atoms with E-state index in [-0.39, 0.29) is 5.82 Å². The molecule has 0 saturated heterocycles. The first-order valence-electron chi connectivity index (χ1n) is 7.31. The number of nitrogens with one attached hydrogen (secondary N) is 1. The lowest BCUT2D eigenvalue weighted by atomic mass is 10.3. The highest BCUT2D eigenvalue weighted by Crippen LogP contribution is 2.31. The van der Waals surface area contributed by atoms with Crippen LogP contribution in [0.15, 0.2) is 29.0 Å². The van der Waals surface area contributed by atoms with E-state index in [9.17, 15) is 18.0 Å². The summed E-state index contributed by atoms with van der Waals surface area (Å²) >= 11 is 1.20. The Balaban J connectivity index is 1.68. The largest absolute Gasteiger partial charge is 0.471 e. The van der Waals surface area contributed by atoms with Crippen LogP contribution in [-0.2, 0) is 17.6 Å². The van der Waals surface area contributed by atoms with Crippen molar-refractivity contribution in [3.63, 3.8) is 0 Å². The highest BCUT2D eigenvalue weighted by molar-refractivity contribution is 7.15. The minimum atomic E-state index is -4.68. The molecule has 1 amide bonds. The van der Waals surface area contributed by atoms with Crippen molar-refractivity contribution < 1.29 is 27.3 Å². The number of rotatable bonds is 6. The molecule has 0 aliphatic carbocycles. The van der Waals surface area contributed by atoms with Crippen LogP contribution in [0, 0.1) is 0 Å². The average Bonchev–Trinajstić information content (AvgIpc) is 3.31. The summed E-state index contributed by atoms with van der Waals surface area (Å²) in [6.45, 7) is 2.40. The Hall–Kier alpha value is -2.73. The molecule has 3 rings (SSSR count). The molecule has 3 aromatic heterocycles. The van der Waals surface area contributed by atoms with Gasteiger partial charge < -0.3 is 4.52 Å². The molecule has 0 aromatic carbocycles. The summed E-state index contributed by atoms with van der Waals surface area (Å²) in [6.07, 6.45) is -1.76. The van der Waals surface area contributed by atoms with Crippen LogP contribution in [0.5, 0.6) is 0 Å². The Morgan fingerprint density at radius 3 is 2.92 bits per heavy atom. The molecular weight excluding hydrogens is 375 g/mol. The molecule has 1 N–H and O–H groups in total. The Labute approximate surface area is 148 Å². The number of hydrogen-bond acceptors (Lipinski definition) is 7. The van der Waals surface area contributed by atoms with Crippen LogP contribution in [0.1, 0.15) is 28.0 Å². The number of halogens is 3. The van der Waals surface area contributed by atoms with E-state index in [0.717, 1.165) is 4.88 Å². The Kier molecular flexibility index (Phi) is 5.04. The Morgan fingerprint density at radius 2 is 2.23 bits per heavy atom. The van der Waals surface area contributed by atoms with Crippen LogP contribution in [0.2, 0.25) is 0 Å². The first-order chi connectivity index (χ1) is 12.4. The molecule has 138 valence electrons. The van der Waals surface area contributed by atoms with Gasteiger partial charge in [0, 0.05) is 11.1 Å². The van der Waals surface area contributed by atoms with Gasteiger partial charge in [-0.1, -0.05) is 5.16 Å². The van der Waals surface area contributed by atoms with Crippen molar-refractivity contribution in [1.29, 1.82) is 0 Å². The van der Waals surface area contributed by atoms with Crippen molar-refractivity contribution in [3.05, 3.63) is 40.9 Å². The second kappa shape index (κ2) is 7.25. The lowest BCUT2D eigenvalue weighted by Crippen LogP contribution is -2.23. The van der Waals surface area contributed by atoms with E-state index in [2.05, 4.69) is 25.2 Å². The highest BCUT2D eigenvalue weighted by Gasteiger charge is 2.38. The van der Waals surface area contributed by atoms with E-state index in [4.69, 9.17) is 4.84 Å². The van der Waals surface area contributed by atoms with E-state index in [1.54, 1.807) is 19.1 Å². The molecule has 12 heteroatoms. The van der Waals surface area contributed by atoms with Crippen LogP contribution in [-0.4, -0.2) is 32.4 Å². The van der Waals surface area contributed by atoms with Crippen molar-refractivity contribution in [3.8, 4) is 10.7 Å². The van der Waals surface area contributed by atoms with Gasteiger partial charge in [0.25, 0.3) is 5.91 Å². The summed E-state index contributed by atoms with van der Waals surface area (Å²) in [4.78, 5) is 21.1. The molecule has 0 radical (unpaired) electrons. The van der Waals surface area contributed by atoms with Gasteiger partial charge in [0.15, 0.2) is 0 Å². The van der Waals surface area contributed by atoms with Crippen molar-refractivity contribution in [2.45, 2.75) is 19.6 Å². The lowest BCUT2D eigenvalue weighted by molar-refractivity contribution is -0.159. The summed E-state index contributed by atoms with van der Waals surface area (Å²) in [5, 5.41) is 7.41. The third kappa shape index (κ3) is 4.08. The summed E-state index contributed by atoms with van der Waals surface area (Å²) in [7, 11) is 0. The second-order valence-electron chi connectivity index (χ2n) is 4.98. The number of carbonyl (C=O) groups excluding carboxylic acids is 1. The van der Waals surface area contributed by atoms with Crippen LogP contribution >= 0.6 is 11.3 Å². The molecule has 0 bridgehead atoms. The third-order valence-electron chi connectivity index (χ3n) is 3.07. The fourth-order valence-corrected chi connectivity index (χ4v) is 2.87. The predicted molar refractivity (Wildman–Crippen MR) is 83.0 cm³/mol. The zero-order chi connectivity index (χ0) is 18.7. The molecular formula is C14H12F3N5O3S. The molecule has 3 heterocycles. The molecule has 0 aliphatic rings. The summed E-state index contributed by atoms with van der Waals surface area (Å²) in [6, 6.07) is 3.31. The summed E-state index contributed by atoms with van der Waals surface area (Å²) in [5.74, 6) is -1.94. The summed E-state index contributed by atoms with van der Waals surface area (Å²) < 4.78 is 43.3. The minimum absolute atomic E-state index is 0.133. The average molecular weight is 387 g/mol. The van der Waals surface area contributed by atoms with Gasteiger partial charge >= 0.3 is 12.1 Å². The molecule has 0 spiro atoms. The molecule has 8 nitrogen and oxygen atoms in total. The first-order valence-corrected chi connectivity index (χ1v) is 8.13. The molecule has 0 aliphatic heterocycles. The van der Waals surface area contributed by atoms with Crippen molar-refractivity contribution in [2.75, 3.05) is 6.61 Å². The van der Waals surface area contributed by atoms with E-state index >= 15 is 0 Å². The van der Waals surface area contributed by atoms with E-state index < -0.39 is 18.0 Å². The zero-order valence-electron chi connectivity index (χ0n) is 13.3. The number of hydroxylamine groups is 1. The second-order valence-corrected chi connectivity index (χ2v) is 6.15. The van der Waals surface area contributed by atoms with Crippen LogP contribution in [0.3, 0.4) is 0 Å². The van der Waals surface area contributed by atoms with Crippen LogP contribution < -0.4 is 5.48 Å². The predicted octanol–water partition coefficient (Wildman–Crippen LogP) is 2.74. The SMILES string of the molecule is CCONC(=O)c1cnn(Cc2ccc(-c3noc(C(F)(F)F)n3)s2)c1. The maximum absolute atomic E-state index is 12.5. The normalized spacial score (nSPS) is 11.7. The quantitative estimate of drug-likeness (QED) is 0.654. The minimum Gasteiger partial charge on any atom is -0.329 e. The number of aromatic nitrogens is 4.